The topological polar surface area (TPSA) is 0 Å². The molecule has 0 aliphatic heterocycles. The molecule has 4 aliphatic rings. The molecule has 0 aromatic heterocycles. The van der Waals surface area contributed by atoms with Gasteiger partial charge in [0.25, 0.3) is 0 Å². The lowest BCUT2D eigenvalue weighted by Gasteiger charge is -2.48. The van der Waals surface area contributed by atoms with E-state index in [1.807, 2.05) is 0 Å². The maximum absolute atomic E-state index is 2.65. The molecule has 0 N–H and O–H groups in total. The van der Waals surface area contributed by atoms with Crippen LogP contribution in [-0.2, 0) is 0 Å². The minimum atomic E-state index is 1.01. The van der Waals surface area contributed by atoms with Crippen molar-refractivity contribution in [3.8, 4) is 0 Å². The number of fused-ring (bicyclic) bond motifs is 4. The van der Waals surface area contributed by atoms with Crippen LogP contribution in [0.4, 0.5) is 0 Å². The van der Waals surface area contributed by atoms with Crippen LogP contribution in [0.5, 0.6) is 0 Å². The average molecular weight is 289 g/mol. The molecule has 4 saturated carbocycles. The molecule has 0 saturated heterocycles. The third kappa shape index (κ3) is 1.99. The average Bonchev–Trinajstić information content (AvgIpc) is 2.96. The normalized spacial score (nSPS) is 59.4. The van der Waals surface area contributed by atoms with Crippen LogP contribution in [0.15, 0.2) is 0 Å². The van der Waals surface area contributed by atoms with Crippen molar-refractivity contribution in [3.63, 3.8) is 0 Å². The van der Waals surface area contributed by atoms with Gasteiger partial charge in [-0.1, -0.05) is 53.4 Å². The predicted molar refractivity (Wildman–Crippen MR) is 89.9 cm³/mol. The predicted octanol–water partition coefficient (Wildman–Crippen LogP) is 6.01. The summed E-state index contributed by atoms with van der Waals surface area (Å²) in [6.45, 7) is 10.3. The fourth-order valence-electron chi connectivity index (χ4n) is 8.28. The van der Waals surface area contributed by atoms with Crippen LogP contribution in [-0.4, -0.2) is 0 Å². The van der Waals surface area contributed by atoms with Gasteiger partial charge in [0.15, 0.2) is 0 Å². The third-order valence-corrected chi connectivity index (χ3v) is 9.03. The van der Waals surface area contributed by atoms with E-state index in [0.29, 0.717) is 0 Å². The highest BCUT2D eigenvalue weighted by Crippen LogP contribution is 2.65. The van der Waals surface area contributed by atoms with Crippen molar-refractivity contribution in [2.24, 2.45) is 59.2 Å². The molecule has 4 rings (SSSR count). The molecule has 4 aliphatic carbocycles. The fourth-order valence-corrected chi connectivity index (χ4v) is 8.28. The summed E-state index contributed by atoms with van der Waals surface area (Å²) >= 11 is 0. The van der Waals surface area contributed by atoms with E-state index in [2.05, 4.69) is 27.7 Å². The van der Waals surface area contributed by atoms with Gasteiger partial charge in [0.05, 0.1) is 0 Å². The minimum absolute atomic E-state index is 1.01. The summed E-state index contributed by atoms with van der Waals surface area (Å²) in [7, 11) is 0. The molecule has 10 atom stereocenters. The van der Waals surface area contributed by atoms with E-state index in [9.17, 15) is 0 Å². The zero-order valence-electron chi connectivity index (χ0n) is 14.7. The van der Waals surface area contributed by atoms with Crippen LogP contribution >= 0.6 is 0 Å². The van der Waals surface area contributed by atoms with Gasteiger partial charge in [0.2, 0.25) is 0 Å². The number of hydrogen-bond donors (Lipinski definition) is 0. The summed E-state index contributed by atoms with van der Waals surface area (Å²) in [5, 5.41) is 0. The summed E-state index contributed by atoms with van der Waals surface area (Å²) in [6, 6.07) is 0. The Labute approximate surface area is 132 Å². The van der Waals surface area contributed by atoms with E-state index < -0.39 is 0 Å². The summed E-state index contributed by atoms with van der Waals surface area (Å²) in [5.74, 6) is 10.7. The summed E-state index contributed by atoms with van der Waals surface area (Å²) < 4.78 is 0. The monoisotopic (exact) mass is 288 g/mol. The van der Waals surface area contributed by atoms with Crippen LogP contribution < -0.4 is 0 Å². The van der Waals surface area contributed by atoms with E-state index in [1.165, 1.54) is 19.3 Å². The van der Waals surface area contributed by atoms with E-state index in [-0.39, 0.29) is 0 Å². The minimum Gasteiger partial charge on any atom is -0.0651 e. The SMILES string of the molecule is CCC1CC2C3C[C@@H]4CCCC[C@@H]4C(C)C3C(C)C2C1C. The van der Waals surface area contributed by atoms with Gasteiger partial charge in [-0.05, 0) is 78.4 Å². The first kappa shape index (κ1) is 14.6. The Morgan fingerprint density at radius 3 is 2.14 bits per heavy atom. The first-order chi connectivity index (χ1) is 10.1. The molecule has 0 nitrogen and oxygen atoms in total. The van der Waals surface area contributed by atoms with Crippen molar-refractivity contribution in [2.45, 2.75) is 72.6 Å². The second-order valence-corrected chi connectivity index (χ2v) is 9.41. The van der Waals surface area contributed by atoms with Crippen molar-refractivity contribution in [1.29, 1.82) is 0 Å². The molecule has 0 spiro atoms. The molecule has 0 aromatic carbocycles. The second-order valence-electron chi connectivity index (χ2n) is 9.41. The number of hydrogen-bond acceptors (Lipinski definition) is 0. The van der Waals surface area contributed by atoms with Gasteiger partial charge in [-0.2, -0.15) is 0 Å². The van der Waals surface area contributed by atoms with E-state index in [0.717, 1.165) is 59.2 Å². The van der Waals surface area contributed by atoms with Crippen molar-refractivity contribution >= 4 is 0 Å². The molecule has 0 radical (unpaired) electrons. The quantitative estimate of drug-likeness (QED) is 0.554. The molecule has 4 fully saturated rings. The molecular formula is C21H36. The maximum Gasteiger partial charge on any atom is -0.0326 e. The summed E-state index contributed by atoms with van der Waals surface area (Å²) in [6.07, 6.45) is 10.8. The van der Waals surface area contributed by atoms with Crippen LogP contribution in [0, 0.1) is 59.2 Å². The molecule has 0 heteroatoms. The fraction of sp³-hybridized carbons (Fsp3) is 1.00. The Morgan fingerprint density at radius 2 is 1.38 bits per heavy atom. The molecule has 0 aromatic rings. The first-order valence-corrected chi connectivity index (χ1v) is 10.1. The van der Waals surface area contributed by atoms with Gasteiger partial charge in [0, 0.05) is 0 Å². The van der Waals surface area contributed by atoms with Crippen LogP contribution in [0.2, 0.25) is 0 Å². The highest BCUT2D eigenvalue weighted by atomic mass is 14.6. The molecule has 0 amide bonds. The second kappa shape index (κ2) is 5.27. The first-order valence-electron chi connectivity index (χ1n) is 10.1. The lowest BCUT2D eigenvalue weighted by atomic mass is 9.57. The molecule has 8 unspecified atom stereocenters. The van der Waals surface area contributed by atoms with Crippen LogP contribution in [0.3, 0.4) is 0 Å². The smallest absolute Gasteiger partial charge is 0.0326 e. The molecular weight excluding hydrogens is 252 g/mol. The van der Waals surface area contributed by atoms with Crippen molar-refractivity contribution in [1.82, 2.24) is 0 Å². The standard InChI is InChI=1S/C21H36/c1-5-15-10-18-19-11-16-8-6-7-9-17(16)13(3)21(19)14(4)20(18)12(15)2/h12-21H,5-11H2,1-4H3/t12?,13?,14?,15?,16-,17+,18?,19?,20?,21?/m0/s1. The molecule has 21 heavy (non-hydrogen) atoms. The Kier molecular flexibility index (Phi) is 3.66. The van der Waals surface area contributed by atoms with Gasteiger partial charge in [-0.3, -0.25) is 0 Å². The molecule has 0 heterocycles. The van der Waals surface area contributed by atoms with Gasteiger partial charge < -0.3 is 0 Å². The Bertz CT molecular complexity index is 385. The molecule has 120 valence electrons. The highest BCUT2D eigenvalue weighted by molar-refractivity contribution is 5.07. The Hall–Kier alpha value is 0. The van der Waals surface area contributed by atoms with Crippen LogP contribution in [0.1, 0.15) is 72.6 Å². The Balaban J connectivity index is 1.61. The zero-order chi connectivity index (χ0) is 14.7. The maximum atomic E-state index is 2.65. The summed E-state index contributed by atoms with van der Waals surface area (Å²) in [5.41, 5.74) is 0. The lowest BCUT2D eigenvalue weighted by Crippen LogP contribution is -2.41. The summed E-state index contributed by atoms with van der Waals surface area (Å²) in [4.78, 5) is 0. The van der Waals surface area contributed by atoms with Crippen molar-refractivity contribution < 1.29 is 0 Å². The highest BCUT2D eigenvalue weighted by Gasteiger charge is 2.59. The van der Waals surface area contributed by atoms with E-state index in [1.54, 1.807) is 25.7 Å². The van der Waals surface area contributed by atoms with E-state index in [4.69, 9.17) is 0 Å². The van der Waals surface area contributed by atoms with Gasteiger partial charge in [-0.25, -0.2) is 0 Å². The van der Waals surface area contributed by atoms with Gasteiger partial charge in [0.1, 0.15) is 0 Å². The largest absolute Gasteiger partial charge is 0.0651 e. The van der Waals surface area contributed by atoms with Gasteiger partial charge in [-0.15, -0.1) is 0 Å². The molecule has 0 bridgehead atoms. The third-order valence-electron chi connectivity index (χ3n) is 9.03. The van der Waals surface area contributed by atoms with Crippen molar-refractivity contribution in [2.75, 3.05) is 0 Å². The van der Waals surface area contributed by atoms with Crippen molar-refractivity contribution in [3.05, 3.63) is 0 Å². The lowest BCUT2D eigenvalue weighted by molar-refractivity contribution is 0.00534. The zero-order valence-corrected chi connectivity index (χ0v) is 14.7. The number of rotatable bonds is 1. The van der Waals surface area contributed by atoms with Gasteiger partial charge >= 0.3 is 0 Å². The Morgan fingerprint density at radius 1 is 0.714 bits per heavy atom. The van der Waals surface area contributed by atoms with Crippen LogP contribution in [0.25, 0.3) is 0 Å². The van der Waals surface area contributed by atoms with E-state index >= 15 is 0 Å².